The van der Waals surface area contributed by atoms with E-state index in [1.807, 2.05) is 12.3 Å². The van der Waals surface area contributed by atoms with E-state index in [9.17, 15) is 0 Å². The predicted octanol–water partition coefficient (Wildman–Crippen LogP) is 2.90. The third-order valence-electron chi connectivity index (χ3n) is 1.33. The van der Waals surface area contributed by atoms with E-state index in [0.717, 1.165) is 3.70 Å². The highest BCUT2D eigenvalue weighted by Gasteiger charge is 1.97. The van der Waals surface area contributed by atoms with Gasteiger partial charge in [-0.3, -0.25) is 0 Å². The van der Waals surface area contributed by atoms with Gasteiger partial charge in [-0.15, -0.1) is 11.3 Å². The van der Waals surface area contributed by atoms with Gasteiger partial charge in [0.1, 0.15) is 3.70 Å². The minimum Gasteiger partial charge on any atom is -0.250 e. The first-order valence-corrected chi connectivity index (χ1v) is 4.81. The molecule has 0 unspecified atom stereocenters. The van der Waals surface area contributed by atoms with Gasteiger partial charge in [0.15, 0.2) is 0 Å². The fraction of sp³-hybridized carbons (Fsp3) is 0. The molecule has 50 valence electrons. The number of nitrogens with zero attached hydrogens (tertiary/aromatic N) is 1. The van der Waals surface area contributed by atoms with Crippen LogP contribution in [0.4, 0.5) is 0 Å². The smallest absolute Gasteiger partial charge is 0.109 e. The molecule has 0 bridgehead atoms. The molecular weight excluding hydrogens is 257 g/mol. The number of hydrogen-bond donors (Lipinski definition) is 0. The van der Waals surface area contributed by atoms with E-state index in [1.165, 1.54) is 10.1 Å². The zero-order valence-electron chi connectivity index (χ0n) is 5.04. The highest BCUT2D eigenvalue weighted by Crippen LogP contribution is 2.22. The predicted molar refractivity (Wildman–Crippen MR) is 52.3 cm³/mol. The number of rotatable bonds is 0. The van der Waals surface area contributed by atoms with Gasteiger partial charge < -0.3 is 0 Å². The Hall–Kier alpha value is -0.160. The van der Waals surface area contributed by atoms with Gasteiger partial charge in [0, 0.05) is 16.3 Å². The van der Waals surface area contributed by atoms with E-state index in [1.54, 1.807) is 11.3 Å². The van der Waals surface area contributed by atoms with E-state index in [4.69, 9.17) is 0 Å². The van der Waals surface area contributed by atoms with Gasteiger partial charge >= 0.3 is 0 Å². The molecule has 2 heterocycles. The summed E-state index contributed by atoms with van der Waals surface area (Å²) < 4.78 is 2.41. The van der Waals surface area contributed by atoms with Crippen molar-refractivity contribution in [1.82, 2.24) is 4.98 Å². The van der Waals surface area contributed by atoms with Crippen molar-refractivity contribution in [3.8, 4) is 0 Å². The Morgan fingerprint density at radius 3 is 3.10 bits per heavy atom. The van der Waals surface area contributed by atoms with Crippen LogP contribution in [0.2, 0.25) is 0 Å². The summed E-state index contributed by atoms with van der Waals surface area (Å²) in [6, 6.07) is 4.15. The molecule has 2 aromatic rings. The first-order chi connectivity index (χ1) is 4.88. The molecule has 0 saturated heterocycles. The molecule has 2 aromatic heterocycles. The van der Waals surface area contributed by atoms with Gasteiger partial charge in [-0.2, -0.15) is 0 Å². The molecule has 0 aliphatic rings. The lowest BCUT2D eigenvalue weighted by atomic mass is 10.4. The number of hydrogen-bond acceptors (Lipinski definition) is 2. The molecule has 0 radical (unpaired) electrons. The third-order valence-corrected chi connectivity index (χ3v) is 3.07. The lowest BCUT2D eigenvalue weighted by Gasteiger charge is -1.89. The maximum Gasteiger partial charge on any atom is 0.109 e. The molecule has 0 atom stereocenters. The molecule has 0 aliphatic heterocycles. The van der Waals surface area contributed by atoms with Crippen LogP contribution in [-0.4, -0.2) is 4.98 Å². The number of thiophene rings is 1. The van der Waals surface area contributed by atoms with Crippen LogP contribution in [0.25, 0.3) is 10.1 Å². The van der Waals surface area contributed by atoms with Crippen molar-refractivity contribution in [3.05, 3.63) is 27.4 Å². The zero-order valence-corrected chi connectivity index (χ0v) is 8.02. The topological polar surface area (TPSA) is 12.9 Å². The summed E-state index contributed by atoms with van der Waals surface area (Å²) in [6.07, 6.45) is 1.85. The summed E-state index contributed by atoms with van der Waals surface area (Å²) in [5.74, 6) is 0. The molecule has 0 fully saturated rings. The summed E-state index contributed by atoms with van der Waals surface area (Å²) in [4.78, 5) is 4.17. The van der Waals surface area contributed by atoms with Crippen LogP contribution in [0, 0.1) is 3.70 Å². The summed E-state index contributed by atoms with van der Waals surface area (Å²) >= 11 is 4.01. The lowest BCUT2D eigenvalue weighted by molar-refractivity contribution is 1.32. The largest absolute Gasteiger partial charge is 0.250 e. The van der Waals surface area contributed by atoms with Crippen LogP contribution < -0.4 is 0 Å². The second-order valence-corrected chi connectivity index (χ2v) is 3.90. The molecule has 10 heavy (non-hydrogen) atoms. The maximum atomic E-state index is 4.17. The van der Waals surface area contributed by atoms with Crippen LogP contribution in [-0.2, 0) is 0 Å². The molecule has 0 N–H and O–H groups in total. The van der Waals surface area contributed by atoms with E-state index >= 15 is 0 Å². The van der Waals surface area contributed by atoms with Crippen molar-refractivity contribution in [2.75, 3.05) is 0 Å². The highest BCUT2D eigenvalue weighted by molar-refractivity contribution is 14.1. The summed E-state index contributed by atoms with van der Waals surface area (Å²) in [6.45, 7) is 0. The van der Waals surface area contributed by atoms with E-state index in [-0.39, 0.29) is 0 Å². The average Bonchev–Trinajstić information content (AvgIpc) is 2.36. The molecule has 3 heteroatoms. The minimum absolute atomic E-state index is 1.09. The molecule has 2 rings (SSSR count). The molecule has 1 nitrogen and oxygen atoms in total. The van der Waals surface area contributed by atoms with Gasteiger partial charge in [-0.1, -0.05) is 0 Å². The van der Waals surface area contributed by atoms with Crippen LogP contribution >= 0.6 is 33.9 Å². The van der Waals surface area contributed by atoms with Gasteiger partial charge in [0.2, 0.25) is 0 Å². The fourth-order valence-electron chi connectivity index (χ4n) is 0.860. The molecule has 0 aliphatic carbocycles. The van der Waals surface area contributed by atoms with Crippen LogP contribution in [0.15, 0.2) is 23.7 Å². The Kier molecular flexibility index (Phi) is 1.61. The Bertz CT molecular complexity index is 355. The Labute approximate surface area is 76.2 Å². The number of fused-ring (bicyclic) bond motifs is 1. The SMILES string of the molecule is Ic1nccc2sccc12. The van der Waals surface area contributed by atoms with Crippen LogP contribution in [0.5, 0.6) is 0 Å². The molecule has 0 amide bonds. The van der Waals surface area contributed by atoms with Crippen LogP contribution in [0.1, 0.15) is 0 Å². The average molecular weight is 261 g/mol. The Balaban J connectivity index is 2.95. The second kappa shape index (κ2) is 2.47. The molecule has 0 saturated carbocycles. The van der Waals surface area contributed by atoms with Crippen molar-refractivity contribution >= 4 is 44.0 Å². The van der Waals surface area contributed by atoms with E-state index < -0.39 is 0 Å². The Morgan fingerprint density at radius 2 is 2.30 bits per heavy atom. The normalized spacial score (nSPS) is 10.5. The first kappa shape index (κ1) is 6.54. The maximum absolute atomic E-state index is 4.17. The van der Waals surface area contributed by atoms with Gasteiger partial charge in [-0.25, -0.2) is 4.98 Å². The van der Waals surface area contributed by atoms with Crippen molar-refractivity contribution in [3.63, 3.8) is 0 Å². The van der Waals surface area contributed by atoms with Crippen molar-refractivity contribution in [2.24, 2.45) is 0 Å². The van der Waals surface area contributed by atoms with E-state index in [0.29, 0.717) is 0 Å². The van der Waals surface area contributed by atoms with Gasteiger partial charge in [0.25, 0.3) is 0 Å². The highest BCUT2D eigenvalue weighted by atomic mass is 127. The third kappa shape index (κ3) is 0.932. The summed E-state index contributed by atoms with van der Waals surface area (Å²) in [5, 5.41) is 3.36. The van der Waals surface area contributed by atoms with Crippen LogP contribution in [0.3, 0.4) is 0 Å². The summed E-state index contributed by atoms with van der Waals surface area (Å²) in [5.41, 5.74) is 0. The minimum atomic E-state index is 1.09. The Morgan fingerprint density at radius 1 is 1.40 bits per heavy atom. The molecule has 0 aromatic carbocycles. The van der Waals surface area contributed by atoms with Gasteiger partial charge in [0.05, 0.1) is 0 Å². The molecule has 0 spiro atoms. The zero-order chi connectivity index (χ0) is 6.97. The van der Waals surface area contributed by atoms with Crippen molar-refractivity contribution in [2.45, 2.75) is 0 Å². The first-order valence-electron chi connectivity index (χ1n) is 2.85. The quantitative estimate of drug-likeness (QED) is 0.525. The lowest BCUT2D eigenvalue weighted by Crippen LogP contribution is -1.75. The second-order valence-electron chi connectivity index (χ2n) is 1.93. The monoisotopic (exact) mass is 261 g/mol. The number of halogens is 1. The van der Waals surface area contributed by atoms with Gasteiger partial charge in [-0.05, 0) is 40.1 Å². The molecular formula is C7H4INS. The standard InChI is InChI=1S/C7H4INS/c8-7-5-2-4-10-6(5)1-3-9-7/h1-4H. The van der Waals surface area contributed by atoms with E-state index in [2.05, 4.69) is 39.0 Å². The summed E-state index contributed by atoms with van der Waals surface area (Å²) in [7, 11) is 0. The number of aromatic nitrogens is 1. The number of pyridine rings is 1. The van der Waals surface area contributed by atoms with Crippen molar-refractivity contribution < 1.29 is 0 Å². The van der Waals surface area contributed by atoms with Crippen molar-refractivity contribution in [1.29, 1.82) is 0 Å². The fourth-order valence-corrected chi connectivity index (χ4v) is 2.46.